The Morgan fingerprint density at radius 3 is 2.32 bits per heavy atom. The van der Waals surface area contributed by atoms with Crippen LogP contribution in [0.15, 0.2) is 58.1 Å². The molecule has 198 valence electrons. The Bertz CT molecular complexity index is 1640. The second-order valence-corrected chi connectivity index (χ2v) is 11.3. The summed E-state index contributed by atoms with van der Waals surface area (Å²) in [6.45, 7) is 2.72. The van der Waals surface area contributed by atoms with Gasteiger partial charge < -0.3 is 5.11 Å². The van der Waals surface area contributed by atoms with Crippen LogP contribution in [0.1, 0.15) is 52.0 Å². The first-order chi connectivity index (χ1) is 18.1. The third-order valence-corrected chi connectivity index (χ3v) is 7.83. The third-order valence-electron chi connectivity index (χ3n) is 7.24. The van der Waals surface area contributed by atoms with Crippen LogP contribution in [0, 0.1) is 5.41 Å². The Labute approximate surface area is 229 Å². The van der Waals surface area contributed by atoms with Crippen LogP contribution in [0.25, 0.3) is 28.2 Å². The van der Waals surface area contributed by atoms with E-state index in [0.717, 1.165) is 36.7 Å². The molecule has 0 unspecified atom stereocenters. The molecule has 10 heteroatoms. The second-order valence-electron chi connectivity index (χ2n) is 10.4. The maximum absolute atomic E-state index is 14.1. The van der Waals surface area contributed by atoms with Gasteiger partial charge in [-0.3, -0.25) is 23.3 Å². The number of hydrogen-bond donors (Lipinski definition) is 1. The molecule has 38 heavy (non-hydrogen) atoms. The number of hydrogen-bond acceptors (Lipinski definition) is 4. The Morgan fingerprint density at radius 2 is 1.68 bits per heavy atom. The fourth-order valence-corrected chi connectivity index (χ4v) is 5.49. The summed E-state index contributed by atoms with van der Waals surface area (Å²) >= 11 is 12.8. The number of benzene rings is 2. The third kappa shape index (κ3) is 4.56. The predicted molar refractivity (Wildman–Crippen MR) is 149 cm³/mol. The molecule has 2 aromatic carbocycles. The molecule has 0 spiro atoms. The summed E-state index contributed by atoms with van der Waals surface area (Å²) in [5.74, 6) is -0.694. The number of fused-ring (bicyclic) bond motifs is 1. The van der Waals surface area contributed by atoms with Crippen molar-refractivity contribution in [3.63, 3.8) is 0 Å². The molecule has 2 heterocycles. The summed E-state index contributed by atoms with van der Waals surface area (Å²) in [5, 5.41) is 10.8. The summed E-state index contributed by atoms with van der Waals surface area (Å²) in [7, 11) is 0. The lowest BCUT2D eigenvalue weighted by atomic mass is 9.93. The smallest absolute Gasteiger partial charge is 0.333 e. The molecule has 0 aliphatic heterocycles. The lowest BCUT2D eigenvalue weighted by Gasteiger charge is -2.26. The van der Waals surface area contributed by atoms with Crippen LogP contribution in [0.3, 0.4) is 0 Å². The van der Waals surface area contributed by atoms with E-state index in [1.54, 1.807) is 45.5 Å². The fourth-order valence-electron chi connectivity index (χ4n) is 5.14. The van der Waals surface area contributed by atoms with Gasteiger partial charge in [0.2, 0.25) is 0 Å². The molecular weight excluding hydrogens is 527 g/mol. The van der Waals surface area contributed by atoms with Gasteiger partial charge in [-0.15, -0.1) is 0 Å². The van der Waals surface area contributed by atoms with E-state index in [0.29, 0.717) is 27.1 Å². The van der Waals surface area contributed by atoms with E-state index in [9.17, 15) is 19.5 Å². The summed E-state index contributed by atoms with van der Waals surface area (Å²) in [6, 6.07) is 14.0. The van der Waals surface area contributed by atoms with Gasteiger partial charge in [0.1, 0.15) is 5.82 Å². The molecule has 0 amide bonds. The van der Waals surface area contributed by atoms with Crippen molar-refractivity contribution >= 4 is 40.3 Å². The van der Waals surface area contributed by atoms with Crippen LogP contribution in [0.4, 0.5) is 0 Å². The monoisotopic (exact) mass is 554 g/mol. The number of carboxylic acids is 1. The van der Waals surface area contributed by atoms with E-state index in [1.165, 1.54) is 13.8 Å². The SMILES string of the molecule is CC(C)(Cn1c(=O)c2c(nc(-c3ccccc3Cl)n2-c2ccc(Cl)cc2)n(C2CCCCC2)c1=O)C(=O)O. The van der Waals surface area contributed by atoms with Gasteiger partial charge in [-0.1, -0.05) is 54.6 Å². The zero-order chi connectivity index (χ0) is 27.2. The first-order valence-electron chi connectivity index (χ1n) is 12.6. The Hall–Kier alpha value is -3.36. The molecule has 4 aromatic rings. The van der Waals surface area contributed by atoms with Gasteiger partial charge in [0, 0.05) is 28.9 Å². The molecule has 0 radical (unpaired) electrons. The van der Waals surface area contributed by atoms with E-state index < -0.39 is 22.6 Å². The van der Waals surface area contributed by atoms with Gasteiger partial charge in [0.15, 0.2) is 11.2 Å². The van der Waals surface area contributed by atoms with Gasteiger partial charge in [-0.25, -0.2) is 9.78 Å². The van der Waals surface area contributed by atoms with E-state index in [4.69, 9.17) is 28.2 Å². The molecule has 0 bridgehead atoms. The Balaban J connectivity index is 1.93. The number of carboxylic acid groups (broad SMARTS) is 1. The Kier molecular flexibility index (Phi) is 6.96. The average molecular weight is 555 g/mol. The van der Waals surface area contributed by atoms with Crippen molar-refractivity contribution in [1.29, 1.82) is 0 Å². The number of nitrogens with zero attached hydrogens (tertiary/aromatic N) is 4. The van der Waals surface area contributed by atoms with Crippen molar-refractivity contribution in [2.24, 2.45) is 5.41 Å². The molecule has 0 saturated heterocycles. The van der Waals surface area contributed by atoms with Crippen LogP contribution < -0.4 is 11.2 Å². The summed E-state index contributed by atoms with van der Waals surface area (Å²) in [6.07, 6.45) is 4.51. The number of aliphatic carboxylic acids is 1. The summed E-state index contributed by atoms with van der Waals surface area (Å²) in [4.78, 5) is 44.9. The van der Waals surface area contributed by atoms with Crippen molar-refractivity contribution in [3.05, 3.63) is 79.4 Å². The highest BCUT2D eigenvalue weighted by molar-refractivity contribution is 6.33. The quantitative estimate of drug-likeness (QED) is 0.318. The number of halogens is 2. The highest BCUT2D eigenvalue weighted by atomic mass is 35.5. The topological polar surface area (TPSA) is 99.1 Å². The van der Waals surface area contributed by atoms with E-state index in [-0.39, 0.29) is 23.8 Å². The predicted octanol–water partition coefficient (Wildman–Crippen LogP) is 5.94. The van der Waals surface area contributed by atoms with E-state index in [1.807, 2.05) is 12.1 Å². The lowest BCUT2D eigenvalue weighted by Crippen LogP contribution is -2.46. The summed E-state index contributed by atoms with van der Waals surface area (Å²) in [5.41, 5.74) is -0.837. The maximum Gasteiger partial charge on any atom is 0.333 e. The van der Waals surface area contributed by atoms with Crippen LogP contribution in [0.2, 0.25) is 10.0 Å². The normalized spacial score (nSPS) is 14.7. The summed E-state index contributed by atoms with van der Waals surface area (Å²) < 4.78 is 4.34. The van der Waals surface area contributed by atoms with E-state index >= 15 is 0 Å². The fraction of sp³-hybridized carbons (Fsp3) is 0.357. The standard InChI is InChI=1S/C28H28Cl2N4O4/c1-28(2,26(36)37)16-32-25(35)22-24(34(27(32)38)18-8-4-3-5-9-18)31-23(20-10-6-7-11-21(20)30)33(22)19-14-12-17(29)13-15-19/h6-7,10-15,18H,3-5,8-9,16H2,1-2H3,(H,36,37). The van der Waals surface area contributed by atoms with Gasteiger partial charge >= 0.3 is 11.7 Å². The number of aromatic nitrogens is 4. The molecule has 1 fully saturated rings. The zero-order valence-corrected chi connectivity index (χ0v) is 22.7. The molecule has 8 nitrogen and oxygen atoms in total. The molecule has 1 aliphatic carbocycles. The van der Waals surface area contributed by atoms with E-state index in [2.05, 4.69) is 0 Å². The number of rotatable bonds is 6. The molecule has 1 aliphatic rings. The van der Waals surface area contributed by atoms with Crippen LogP contribution in [0.5, 0.6) is 0 Å². The lowest BCUT2D eigenvalue weighted by molar-refractivity contribution is -0.147. The van der Waals surface area contributed by atoms with Crippen molar-refractivity contribution in [3.8, 4) is 17.1 Å². The van der Waals surface area contributed by atoms with Crippen LogP contribution in [-0.2, 0) is 11.3 Å². The minimum Gasteiger partial charge on any atom is -0.481 e. The highest BCUT2D eigenvalue weighted by Gasteiger charge is 2.33. The average Bonchev–Trinajstić information content (AvgIpc) is 3.28. The number of imidazole rings is 1. The van der Waals surface area contributed by atoms with Crippen molar-refractivity contribution in [1.82, 2.24) is 18.7 Å². The largest absolute Gasteiger partial charge is 0.481 e. The molecular formula is C28H28Cl2N4O4. The van der Waals surface area contributed by atoms with Gasteiger partial charge in [0.25, 0.3) is 5.56 Å². The Morgan fingerprint density at radius 1 is 1.03 bits per heavy atom. The first kappa shape index (κ1) is 26.3. The van der Waals surface area contributed by atoms with Gasteiger partial charge in [0.05, 0.1) is 10.4 Å². The second kappa shape index (κ2) is 10.1. The van der Waals surface area contributed by atoms with Crippen LogP contribution >= 0.6 is 23.2 Å². The number of carbonyl (C=O) groups is 1. The van der Waals surface area contributed by atoms with Gasteiger partial charge in [-0.05, 0) is 63.1 Å². The van der Waals surface area contributed by atoms with Crippen LogP contribution in [-0.4, -0.2) is 29.8 Å². The van der Waals surface area contributed by atoms with Crippen molar-refractivity contribution < 1.29 is 9.90 Å². The molecule has 5 rings (SSSR count). The maximum atomic E-state index is 14.1. The molecule has 1 N–H and O–H groups in total. The molecule has 0 atom stereocenters. The van der Waals surface area contributed by atoms with Crippen molar-refractivity contribution in [2.45, 2.75) is 58.5 Å². The zero-order valence-electron chi connectivity index (χ0n) is 21.2. The minimum atomic E-state index is -1.35. The molecule has 2 aromatic heterocycles. The van der Waals surface area contributed by atoms with Gasteiger partial charge in [-0.2, -0.15) is 0 Å². The van der Waals surface area contributed by atoms with Crippen molar-refractivity contribution in [2.75, 3.05) is 0 Å². The minimum absolute atomic E-state index is 0.161. The molecule has 1 saturated carbocycles. The highest BCUT2D eigenvalue weighted by Crippen LogP contribution is 2.34. The first-order valence-corrected chi connectivity index (χ1v) is 13.4.